The van der Waals surface area contributed by atoms with E-state index in [1.165, 1.54) is 12.3 Å². The molecule has 1 atom stereocenters. The van der Waals surface area contributed by atoms with Gasteiger partial charge < -0.3 is 5.11 Å². The molecular weight excluding hydrogens is 308 g/mol. The first kappa shape index (κ1) is 12.5. The van der Waals surface area contributed by atoms with Crippen LogP contribution in [-0.2, 0) is 0 Å². The van der Waals surface area contributed by atoms with Crippen LogP contribution in [0.1, 0.15) is 17.2 Å². The zero-order valence-electron chi connectivity index (χ0n) is 8.57. The number of nitrogens with zero attached hydrogens (tertiary/aromatic N) is 1. The lowest BCUT2D eigenvalue weighted by atomic mass is 10.0. The highest BCUT2D eigenvalue weighted by molar-refractivity contribution is 9.10. The number of hydrogen-bond donors (Lipinski definition) is 1. The Kier molecular flexibility index (Phi) is 3.76. The Morgan fingerprint density at radius 2 is 2.06 bits per heavy atom. The van der Waals surface area contributed by atoms with Crippen LogP contribution in [-0.4, -0.2) is 10.1 Å². The lowest BCUT2D eigenvalue weighted by molar-refractivity contribution is 0.215. The fraction of sp³-hybridized carbons (Fsp3) is 0.0833. The van der Waals surface area contributed by atoms with E-state index < -0.39 is 11.9 Å². The molecule has 0 fully saturated rings. The largest absolute Gasteiger partial charge is 0.383 e. The summed E-state index contributed by atoms with van der Waals surface area (Å²) >= 11 is 9.26. The Hall–Kier alpha value is -0.970. The SMILES string of the molecule is OC(c1ccncc1F)c1ccc(Br)cc1Cl. The van der Waals surface area contributed by atoms with E-state index >= 15 is 0 Å². The molecule has 2 nitrogen and oxygen atoms in total. The van der Waals surface area contributed by atoms with Crippen molar-refractivity contribution in [2.75, 3.05) is 0 Å². The summed E-state index contributed by atoms with van der Waals surface area (Å²) in [6.45, 7) is 0. The number of aliphatic hydroxyl groups excluding tert-OH is 1. The highest BCUT2D eigenvalue weighted by atomic mass is 79.9. The highest BCUT2D eigenvalue weighted by Gasteiger charge is 2.17. The van der Waals surface area contributed by atoms with E-state index in [-0.39, 0.29) is 5.56 Å². The third-order valence-electron chi connectivity index (χ3n) is 2.36. The third-order valence-corrected chi connectivity index (χ3v) is 3.18. The van der Waals surface area contributed by atoms with E-state index in [9.17, 15) is 9.50 Å². The Bertz CT molecular complexity index is 550. The number of aliphatic hydroxyl groups is 1. The van der Waals surface area contributed by atoms with E-state index in [1.807, 2.05) is 0 Å². The second kappa shape index (κ2) is 5.12. The van der Waals surface area contributed by atoms with Gasteiger partial charge in [-0.05, 0) is 18.2 Å². The summed E-state index contributed by atoms with van der Waals surface area (Å²) in [5.74, 6) is -0.556. The summed E-state index contributed by atoms with van der Waals surface area (Å²) in [7, 11) is 0. The normalized spacial score (nSPS) is 12.5. The van der Waals surface area contributed by atoms with Crippen LogP contribution >= 0.6 is 27.5 Å². The predicted octanol–water partition coefficient (Wildman–Crippen LogP) is 3.72. The van der Waals surface area contributed by atoms with E-state index in [2.05, 4.69) is 20.9 Å². The molecule has 0 spiro atoms. The standard InChI is InChI=1S/C12H8BrClFNO/c13-7-1-2-8(10(14)5-7)12(17)9-3-4-16-6-11(9)15/h1-6,12,17H. The maximum Gasteiger partial charge on any atom is 0.147 e. The topological polar surface area (TPSA) is 33.1 Å². The summed E-state index contributed by atoms with van der Waals surface area (Å²) in [5.41, 5.74) is 0.615. The van der Waals surface area contributed by atoms with Crippen molar-refractivity contribution in [1.82, 2.24) is 4.98 Å². The van der Waals surface area contributed by atoms with Crippen LogP contribution in [0.15, 0.2) is 41.1 Å². The van der Waals surface area contributed by atoms with Gasteiger partial charge in [0.25, 0.3) is 0 Å². The van der Waals surface area contributed by atoms with Crippen molar-refractivity contribution in [3.63, 3.8) is 0 Å². The van der Waals surface area contributed by atoms with Crippen LogP contribution in [0.2, 0.25) is 5.02 Å². The molecule has 1 aromatic carbocycles. The van der Waals surface area contributed by atoms with Crippen molar-refractivity contribution in [3.05, 3.63) is 63.1 Å². The molecule has 0 aliphatic rings. The second-order valence-electron chi connectivity index (χ2n) is 3.47. The van der Waals surface area contributed by atoms with E-state index in [0.29, 0.717) is 10.6 Å². The minimum absolute atomic E-state index is 0.157. The van der Waals surface area contributed by atoms with Gasteiger partial charge in [0.2, 0.25) is 0 Å². The van der Waals surface area contributed by atoms with Gasteiger partial charge in [0.1, 0.15) is 11.9 Å². The monoisotopic (exact) mass is 315 g/mol. The Balaban J connectivity index is 2.44. The number of pyridine rings is 1. The summed E-state index contributed by atoms with van der Waals surface area (Å²) < 4.78 is 14.3. The smallest absolute Gasteiger partial charge is 0.147 e. The maximum absolute atomic E-state index is 13.5. The molecule has 2 aromatic rings. The molecule has 0 radical (unpaired) electrons. The van der Waals surface area contributed by atoms with Crippen LogP contribution < -0.4 is 0 Å². The van der Waals surface area contributed by atoms with Gasteiger partial charge in [-0.1, -0.05) is 33.6 Å². The van der Waals surface area contributed by atoms with Crippen molar-refractivity contribution in [2.45, 2.75) is 6.10 Å². The number of halogens is 3. The number of benzene rings is 1. The van der Waals surface area contributed by atoms with E-state index in [4.69, 9.17) is 11.6 Å². The molecule has 0 amide bonds. The summed E-state index contributed by atoms with van der Waals surface area (Å²) in [5, 5.41) is 10.5. The van der Waals surface area contributed by atoms with Crippen LogP contribution in [0.25, 0.3) is 0 Å². The van der Waals surface area contributed by atoms with Crippen molar-refractivity contribution in [3.8, 4) is 0 Å². The highest BCUT2D eigenvalue weighted by Crippen LogP contribution is 2.31. The van der Waals surface area contributed by atoms with Crippen molar-refractivity contribution in [2.24, 2.45) is 0 Å². The number of aromatic nitrogens is 1. The van der Waals surface area contributed by atoms with Crippen LogP contribution in [0.4, 0.5) is 4.39 Å². The summed E-state index contributed by atoms with van der Waals surface area (Å²) in [4.78, 5) is 3.63. The molecule has 0 aliphatic heterocycles. The molecule has 5 heteroatoms. The van der Waals surface area contributed by atoms with Gasteiger partial charge in [0.05, 0.1) is 6.20 Å². The van der Waals surface area contributed by atoms with Gasteiger partial charge in [-0.3, -0.25) is 4.98 Å². The Morgan fingerprint density at radius 3 is 2.71 bits per heavy atom. The van der Waals surface area contributed by atoms with Crippen molar-refractivity contribution < 1.29 is 9.50 Å². The van der Waals surface area contributed by atoms with Gasteiger partial charge in [-0.2, -0.15) is 0 Å². The summed E-state index contributed by atoms with van der Waals surface area (Å²) in [6, 6.07) is 6.47. The second-order valence-corrected chi connectivity index (χ2v) is 4.79. The van der Waals surface area contributed by atoms with Gasteiger partial charge >= 0.3 is 0 Å². The Labute approximate surface area is 111 Å². The van der Waals surface area contributed by atoms with Crippen LogP contribution in [0, 0.1) is 5.82 Å². The quantitative estimate of drug-likeness (QED) is 0.916. The first-order valence-corrected chi connectivity index (χ1v) is 5.99. The molecule has 0 saturated heterocycles. The van der Waals surface area contributed by atoms with Crippen molar-refractivity contribution in [1.29, 1.82) is 0 Å². The van der Waals surface area contributed by atoms with Gasteiger partial charge in [0.15, 0.2) is 0 Å². The first-order valence-electron chi connectivity index (χ1n) is 4.82. The molecule has 1 aromatic heterocycles. The van der Waals surface area contributed by atoms with Gasteiger partial charge in [-0.15, -0.1) is 0 Å². The fourth-order valence-corrected chi connectivity index (χ4v) is 2.28. The molecule has 1 unspecified atom stereocenters. The molecule has 0 aliphatic carbocycles. The van der Waals surface area contributed by atoms with E-state index in [1.54, 1.807) is 18.2 Å². The third kappa shape index (κ3) is 2.65. The lowest BCUT2D eigenvalue weighted by Gasteiger charge is -2.13. The first-order chi connectivity index (χ1) is 8.09. The zero-order chi connectivity index (χ0) is 12.4. The van der Waals surface area contributed by atoms with Gasteiger partial charge in [0, 0.05) is 26.8 Å². The average molecular weight is 317 g/mol. The minimum atomic E-state index is -1.10. The number of hydrogen-bond acceptors (Lipinski definition) is 2. The van der Waals surface area contributed by atoms with Crippen molar-refractivity contribution >= 4 is 27.5 Å². The molecule has 2 rings (SSSR count). The molecule has 0 bridgehead atoms. The molecule has 0 saturated carbocycles. The van der Waals surface area contributed by atoms with Crippen LogP contribution in [0.5, 0.6) is 0 Å². The molecule has 1 N–H and O–H groups in total. The maximum atomic E-state index is 13.5. The lowest BCUT2D eigenvalue weighted by Crippen LogP contribution is -2.03. The minimum Gasteiger partial charge on any atom is -0.383 e. The molecule has 1 heterocycles. The average Bonchev–Trinajstić information content (AvgIpc) is 2.29. The summed E-state index contributed by atoms with van der Waals surface area (Å²) in [6.07, 6.45) is 1.39. The molecular formula is C12H8BrClFNO. The fourth-order valence-electron chi connectivity index (χ4n) is 1.50. The molecule has 88 valence electrons. The number of rotatable bonds is 2. The zero-order valence-corrected chi connectivity index (χ0v) is 10.9. The molecule has 17 heavy (non-hydrogen) atoms. The predicted molar refractivity (Wildman–Crippen MR) is 67.4 cm³/mol. The van der Waals surface area contributed by atoms with Gasteiger partial charge in [-0.25, -0.2) is 4.39 Å². The Morgan fingerprint density at radius 1 is 1.29 bits per heavy atom. The van der Waals surface area contributed by atoms with E-state index in [0.717, 1.165) is 10.7 Å². The van der Waals surface area contributed by atoms with Crippen LogP contribution in [0.3, 0.4) is 0 Å².